The maximum absolute atomic E-state index is 10.7. The van der Waals surface area contributed by atoms with Crippen LogP contribution >= 0.6 is 0 Å². The lowest BCUT2D eigenvalue weighted by Crippen LogP contribution is -2.16. The standard InChI is InChI=1S/C14H29NO/c1-3-4-5-6-7-9-12-15-13-10-8-11-14(2)16/h15H,3-13H2,1-2H3. The SMILES string of the molecule is CCCCCCCCNCCCCC(C)=O. The van der Waals surface area contributed by atoms with Crippen LogP contribution in [-0.4, -0.2) is 18.9 Å². The van der Waals surface area contributed by atoms with Crippen molar-refractivity contribution in [2.24, 2.45) is 0 Å². The molecule has 0 aliphatic heterocycles. The van der Waals surface area contributed by atoms with Gasteiger partial charge in [-0.25, -0.2) is 0 Å². The molecule has 0 aromatic heterocycles. The summed E-state index contributed by atoms with van der Waals surface area (Å²) in [6, 6.07) is 0. The monoisotopic (exact) mass is 227 g/mol. The van der Waals surface area contributed by atoms with Crippen molar-refractivity contribution in [2.45, 2.75) is 71.6 Å². The maximum atomic E-state index is 10.7. The third kappa shape index (κ3) is 13.6. The van der Waals surface area contributed by atoms with Crippen molar-refractivity contribution in [3.63, 3.8) is 0 Å². The van der Waals surface area contributed by atoms with Gasteiger partial charge in [0, 0.05) is 6.42 Å². The number of carbonyl (C=O) groups is 1. The molecule has 96 valence electrons. The first-order valence-electron chi connectivity index (χ1n) is 6.97. The Morgan fingerprint density at radius 1 is 0.875 bits per heavy atom. The van der Waals surface area contributed by atoms with Crippen LogP contribution in [0.5, 0.6) is 0 Å². The van der Waals surface area contributed by atoms with Gasteiger partial charge in [-0.3, -0.25) is 0 Å². The lowest BCUT2D eigenvalue weighted by atomic mass is 10.1. The highest BCUT2D eigenvalue weighted by Gasteiger charge is 1.93. The van der Waals surface area contributed by atoms with Gasteiger partial charge in [-0.05, 0) is 39.3 Å². The molecule has 0 heterocycles. The van der Waals surface area contributed by atoms with Crippen LogP contribution in [0.2, 0.25) is 0 Å². The third-order valence-corrected chi connectivity index (χ3v) is 2.84. The summed E-state index contributed by atoms with van der Waals surface area (Å²) in [5.74, 6) is 0.316. The lowest BCUT2D eigenvalue weighted by Gasteiger charge is -2.04. The van der Waals surface area contributed by atoms with E-state index in [1.165, 1.54) is 38.5 Å². The minimum Gasteiger partial charge on any atom is -0.317 e. The first kappa shape index (κ1) is 15.6. The molecule has 0 bridgehead atoms. The summed E-state index contributed by atoms with van der Waals surface area (Å²) in [7, 11) is 0. The number of carbonyl (C=O) groups excluding carboxylic acids is 1. The van der Waals surface area contributed by atoms with Crippen LogP contribution < -0.4 is 5.32 Å². The Labute approximate surface area is 101 Å². The van der Waals surface area contributed by atoms with Gasteiger partial charge >= 0.3 is 0 Å². The Bertz CT molecular complexity index is 157. The molecule has 2 heteroatoms. The van der Waals surface area contributed by atoms with Crippen molar-refractivity contribution >= 4 is 5.78 Å². The van der Waals surface area contributed by atoms with Crippen molar-refractivity contribution in [3.05, 3.63) is 0 Å². The van der Waals surface area contributed by atoms with Crippen molar-refractivity contribution in [1.29, 1.82) is 0 Å². The third-order valence-electron chi connectivity index (χ3n) is 2.84. The second-order valence-electron chi connectivity index (χ2n) is 4.68. The molecule has 0 aromatic rings. The Morgan fingerprint density at radius 2 is 1.44 bits per heavy atom. The second-order valence-corrected chi connectivity index (χ2v) is 4.68. The molecule has 0 aliphatic rings. The van der Waals surface area contributed by atoms with Gasteiger partial charge in [0.05, 0.1) is 0 Å². The van der Waals surface area contributed by atoms with E-state index < -0.39 is 0 Å². The first-order valence-corrected chi connectivity index (χ1v) is 6.97. The van der Waals surface area contributed by atoms with Crippen LogP contribution in [0.25, 0.3) is 0 Å². The number of Topliss-reactive ketones (excluding diaryl/α,β-unsaturated/α-hetero) is 1. The van der Waals surface area contributed by atoms with Crippen LogP contribution in [0.3, 0.4) is 0 Å². The van der Waals surface area contributed by atoms with Gasteiger partial charge in [-0.15, -0.1) is 0 Å². The lowest BCUT2D eigenvalue weighted by molar-refractivity contribution is -0.117. The summed E-state index contributed by atoms with van der Waals surface area (Å²) in [5.41, 5.74) is 0. The van der Waals surface area contributed by atoms with E-state index in [-0.39, 0.29) is 0 Å². The van der Waals surface area contributed by atoms with E-state index in [1.54, 1.807) is 6.92 Å². The minimum absolute atomic E-state index is 0.316. The van der Waals surface area contributed by atoms with Crippen molar-refractivity contribution in [2.75, 3.05) is 13.1 Å². The predicted molar refractivity (Wildman–Crippen MR) is 70.8 cm³/mol. The molecular weight excluding hydrogens is 198 g/mol. The summed E-state index contributed by atoms with van der Waals surface area (Å²) >= 11 is 0. The van der Waals surface area contributed by atoms with Crippen molar-refractivity contribution < 1.29 is 4.79 Å². The van der Waals surface area contributed by atoms with E-state index in [2.05, 4.69) is 12.2 Å². The highest BCUT2D eigenvalue weighted by atomic mass is 16.1. The van der Waals surface area contributed by atoms with Crippen molar-refractivity contribution in [3.8, 4) is 0 Å². The summed E-state index contributed by atoms with van der Waals surface area (Å²) in [6.45, 7) is 6.14. The average Bonchev–Trinajstić information content (AvgIpc) is 2.25. The molecule has 2 nitrogen and oxygen atoms in total. The van der Waals surface area contributed by atoms with Crippen LogP contribution in [0, 0.1) is 0 Å². The number of nitrogens with one attached hydrogen (secondary N) is 1. The van der Waals surface area contributed by atoms with E-state index in [0.717, 1.165) is 32.4 Å². The van der Waals surface area contributed by atoms with Gasteiger partial charge in [-0.1, -0.05) is 39.0 Å². The molecule has 0 aliphatic carbocycles. The smallest absolute Gasteiger partial charge is 0.129 e. The fraction of sp³-hybridized carbons (Fsp3) is 0.929. The zero-order valence-corrected chi connectivity index (χ0v) is 11.2. The van der Waals surface area contributed by atoms with Gasteiger partial charge < -0.3 is 10.1 Å². The zero-order chi connectivity index (χ0) is 12.1. The first-order chi connectivity index (χ1) is 7.77. The Balaban J connectivity index is 2.90. The van der Waals surface area contributed by atoms with Crippen LogP contribution in [0.1, 0.15) is 71.6 Å². The second kappa shape index (κ2) is 12.7. The Hall–Kier alpha value is -0.370. The Morgan fingerprint density at radius 3 is 2.06 bits per heavy atom. The van der Waals surface area contributed by atoms with Crippen LogP contribution in [-0.2, 0) is 4.79 Å². The molecule has 1 N–H and O–H groups in total. The van der Waals surface area contributed by atoms with E-state index in [0.29, 0.717) is 5.78 Å². The molecule has 0 saturated heterocycles. The quantitative estimate of drug-likeness (QED) is 0.515. The highest BCUT2D eigenvalue weighted by molar-refractivity contribution is 5.75. The van der Waals surface area contributed by atoms with Gasteiger partial charge in [0.1, 0.15) is 5.78 Å². The van der Waals surface area contributed by atoms with Gasteiger partial charge in [0.15, 0.2) is 0 Å². The molecule has 0 aromatic carbocycles. The molecule has 0 saturated carbocycles. The molecule has 0 amide bonds. The van der Waals surface area contributed by atoms with Crippen LogP contribution in [0.4, 0.5) is 0 Å². The largest absolute Gasteiger partial charge is 0.317 e. The molecule has 0 radical (unpaired) electrons. The highest BCUT2D eigenvalue weighted by Crippen LogP contribution is 2.04. The topological polar surface area (TPSA) is 29.1 Å². The number of hydrogen-bond donors (Lipinski definition) is 1. The number of ketones is 1. The number of unbranched alkanes of at least 4 members (excludes halogenated alkanes) is 6. The predicted octanol–water partition coefficient (Wildman–Crippen LogP) is 3.70. The fourth-order valence-corrected chi connectivity index (χ4v) is 1.78. The zero-order valence-electron chi connectivity index (χ0n) is 11.2. The molecule has 16 heavy (non-hydrogen) atoms. The summed E-state index contributed by atoms with van der Waals surface area (Å²) in [6.07, 6.45) is 11.1. The molecule has 0 atom stereocenters. The minimum atomic E-state index is 0.316. The molecule has 0 spiro atoms. The van der Waals surface area contributed by atoms with Crippen molar-refractivity contribution in [1.82, 2.24) is 5.32 Å². The van der Waals surface area contributed by atoms with Gasteiger partial charge in [0.25, 0.3) is 0 Å². The molecule has 0 fully saturated rings. The maximum Gasteiger partial charge on any atom is 0.129 e. The van der Waals surface area contributed by atoms with E-state index in [9.17, 15) is 4.79 Å². The Kier molecular flexibility index (Phi) is 12.4. The van der Waals surface area contributed by atoms with Crippen LogP contribution in [0.15, 0.2) is 0 Å². The molecular formula is C14H29NO. The number of rotatable bonds is 12. The van der Waals surface area contributed by atoms with Gasteiger partial charge in [-0.2, -0.15) is 0 Å². The molecule has 0 unspecified atom stereocenters. The van der Waals surface area contributed by atoms with E-state index in [1.807, 2.05) is 0 Å². The van der Waals surface area contributed by atoms with E-state index in [4.69, 9.17) is 0 Å². The average molecular weight is 227 g/mol. The normalized spacial score (nSPS) is 10.6. The van der Waals surface area contributed by atoms with E-state index >= 15 is 0 Å². The summed E-state index contributed by atoms with van der Waals surface area (Å²) < 4.78 is 0. The number of hydrogen-bond acceptors (Lipinski definition) is 2. The van der Waals surface area contributed by atoms with Gasteiger partial charge in [0.2, 0.25) is 0 Å². The summed E-state index contributed by atoms with van der Waals surface area (Å²) in [4.78, 5) is 10.7. The summed E-state index contributed by atoms with van der Waals surface area (Å²) in [5, 5.41) is 3.44. The molecule has 0 rings (SSSR count). The fourth-order valence-electron chi connectivity index (χ4n) is 1.78.